The molecule has 6 heteroatoms. The molecule has 1 aromatic heterocycles. The van der Waals surface area contributed by atoms with Gasteiger partial charge in [-0.2, -0.15) is 0 Å². The Hall–Kier alpha value is -3.25. The molecule has 0 saturated carbocycles. The van der Waals surface area contributed by atoms with Crippen LogP contribution in [0.4, 0.5) is 4.39 Å². The van der Waals surface area contributed by atoms with Crippen molar-refractivity contribution in [3.05, 3.63) is 88.5 Å². The van der Waals surface area contributed by atoms with Gasteiger partial charge in [-0.05, 0) is 74.9 Å². The highest BCUT2D eigenvalue weighted by Gasteiger charge is 2.16. The quantitative estimate of drug-likeness (QED) is 0.348. The molecule has 3 rings (SSSR count). The molecule has 31 heavy (non-hydrogen) atoms. The Bertz CT molecular complexity index is 1050. The van der Waals surface area contributed by atoms with Gasteiger partial charge >= 0.3 is 0 Å². The summed E-state index contributed by atoms with van der Waals surface area (Å²) in [5, 5.41) is 0. The molecule has 0 aliphatic carbocycles. The Morgan fingerprint density at radius 2 is 1.58 bits per heavy atom. The Balaban J connectivity index is 1.61. The van der Waals surface area contributed by atoms with Crippen LogP contribution in [0.15, 0.2) is 54.6 Å². The second-order valence-electron chi connectivity index (χ2n) is 7.36. The monoisotopic (exact) mass is 423 g/mol. The minimum Gasteiger partial charge on any atom is -0.485 e. The van der Waals surface area contributed by atoms with Crippen LogP contribution in [-0.2, 0) is 11.3 Å². The molecule has 3 aromatic rings. The Kier molecular flexibility index (Phi) is 7.36. The molecule has 0 saturated heterocycles. The molecule has 0 atom stereocenters. The lowest BCUT2D eigenvalue weighted by Crippen LogP contribution is -2.13. The SMILES string of the molecule is COCCCn1c(C)cc(C(=O)COc2ccc(C(=O)c3ccc(F)cc3)cc2)c1C. The van der Waals surface area contributed by atoms with E-state index in [4.69, 9.17) is 9.47 Å². The average Bonchev–Trinajstić information content (AvgIpc) is 3.06. The van der Waals surface area contributed by atoms with E-state index in [0.717, 1.165) is 24.4 Å². The van der Waals surface area contributed by atoms with E-state index < -0.39 is 0 Å². The minimum absolute atomic E-state index is 0.0897. The zero-order valence-corrected chi connectivity index (χ0v) is 18.0. The van der Waals surface area contributed by atoms with Crippen LogP contribution in [0.2, 0.25) is 0 Å². The van der Waals surface area contributed by atoms with Gasteiger partial charge in [-0.25, -0.2) is 4.39 Å². The number of halogens is 1. The van der Waals surface area contributed by atoms with Crippen molar-refractivity contribution in [1.29, 1.82) is 0 Å². The highest BCUT2D eigenvalue weighted by Crippen LogP contribution is 2.19. The summed E-state index contributed by atoms with van der Waals surface area (Å²) in [5.41, 5.74) is 3.47. The molecule has 0 aliphatic heterocycles. The molecule has 0 bridgehead atoms. The van der Waals surface area contributed by atoms with E-state index in [-0.39, 0.29) is 24.0 Å². The number of aromatic nitrogens is 1. The number of Topliss-reactive ketones (excluding diaryl/α,β-unsaturated/α-hetero) is 1. The number of ether oxygens (including phenoxy) is 2. The van der Waals surface area contributed by atoms with Crippen molar-refractivity contribution >= 4 is 11.6 Å². The highest BCUT2D eigenvalue weighted by molar-refractivity contribution is 6.09. The number of aryl methyl sites for hydroxylation is 1. The van der Waals surface area contributed by atoms with E-state index in [1.54, 1.807) is 31.4 Å². The van der Waals surface area contributed by atoms with E-state index in [1.165, 1.54) is 24.3 Å². The predicted molar refractivity (Wildman–Crippen MR) is 116 cm³/mol. The largest absolute Gasteiger partial charge is 0.485 e. The number of methoxy groups -OCH3 is 1. The number of nitrogens with zero attached hydrogens (tertiary/aromatic N) is 1. The van der Waals surface area contributed by atoms with E-state index in [0.29, 0.717) is 29.0 Å². The first kappa shape index (κ1) is 22.4. The van der Waals surface area contributed by atoms with Crippen LogP contribution in [0, 0.1) is 19.7 Å². The van der Waals surface area contributed by atoms with E-state index in [2.05, 4.69) is 4.57 Å². The molecule has 162 valence electrons. The summed E-state index contributed by atoms with van der Waals surface area (Å²) in [6, 6.07) is 13.9. The normalized spacial score (nSPS) is 10.8. The molecule has 0 N–H and O–H groups in total. The number of hydrogen-bond acceptors (Lipinski definition) is 4. The number of carbonyl (C=O) groups is 2. The van der Waals surface area contributed by atoms with Crippen LogP contribution in [0.3, 0.4) is 0 Å². The molecule has 0 aliphatic rings. The zero-order chi connectivity index (χ0) is 22.4. The molecular weight excluding hydrogens is 397 g/mol. The first-order chi connectivity index (χ1) is 14.9. The molecule has 1 heterocycles. The topological polar surface area (TPSA) is 57.5 Å². The van der Waals surface area contributed by atoms with Gasteiger partial charge in [0.15, 0.2) is 12.4 Å². The van der Waals surface area contributed by atoms with Gasteiger partial charge in [-0.1, -0.05) is 0 Å². The third-order valence-corrected chi connectivity index (χ3v) is 5.20. The summed E-state index contributed by atoms with van der Waals surface area (Å²) >= 11 is 0. The Morgan fingerprint density at radius 3 is 2.19 bits per heavy atom. The van der Waals surface area contributed by atoms with E-state index >= 15 is 0 Å². The molecule has 0 amide bonds. The second-order valence-corrected chi connectivity index (χ2v) is 7.36. The van der Waals surface area contributed by atoms with Gasteiger partial charge in [0.2, 0.25) is 5.78 Å². The van der Waals surface area contributed by atoms with Crippen molar-refractivity contribution in [2.45, 2.75) is 26.8 Å². The van der Waals surface area contributed by atoms with Crippen molar-refractivity contribution < 1.29 is 23.5 Å². The fourth-order valence-electron chi connectivity index (χ4n) is 3.49. The van der Waals surface area contributed by atoms with Crippen molar-refractivity contribution in [2.24, 2.45) is 0 Å². The van der Waals surface area contributed by atoms with Crippen molar-refractivity contribution in [3.8, 4) is 5.75 Å². The zero-order valence-electron chi connectivity index (χ0n) is 18.0. The van der Waals surface area contributed by atoms with Gasteiger partial charge in [0.05, 0.1) is 0 Å². The lowest BCUT2D eigenvalue weighted by Gasteiger charge is -2.10. The summed E-state index contributed by atoms with van der Waals surface area (Å²) in [6.07, 6.45) is 0.875. The fourth-order valence-corrected chi connectivity index (χ4v) is 3.49. The summed E-state index contributed by atoms with van der Waals surface area (Å²) in [6.45, 7) is 5.29. The first-order valence-corrected chi connectivity index (χ1v) is 10.1. The van der Waals surface area contributed by atoms with Crippen LogP contribution in [0.5, 0.6) is 5.75 Å². The highest BCUT2D eigenvalue weighted by atomic mass is 19.1. The third-order valence-electron chi connectivity index (χ3n) is 5.20. The predicted octanol–water partition coefficient (Wildman–Crippen LogP) is 4.77. The standard InChI is InChI=1S/C25H26FNO4/c1-17-15-23(18(2)27(17)13-4-14-30-3)24(28)16-31-22-11-7-20(8-12-22)25(29)19-5-9-21(26)10-6-19/h5-12,15H,4,13-14,16H2,1-3H3. The Morgan fingerprint density at radius 1 is 0.968 bits per heavy atom. The summed E-state index contributed by atoms with van der Waals surface area (Å²) in [4.78, 5) is 25.1. The smallest absolute Gasteiger partial charge is 0.202 e. The molecule has 0 radical (unpaired) electrons. The maximum Gasteiger partial charge on any atom is 0.202 e. The maximum absolute atomic E-state index is 13.0. The van der Waals surface area contributed by atoms with Crippen LogP contribution in [-0.4, -0.2) is 36.5 Å². The number of benzene rings is 2. The van der Waals surface area contributed by atoms with Gasteiger partial charge in [0.25, 0.3) is 0 Å². The average molecular weight is 423 g/mol. The lowest BCUT2D eigenvalue weighted by molar-refractivity contribution is 0.0920. The van der Waals surface area contributed by atoms with Gasteiger partial charge in [-0.3, -0.25) is 9.59 Å². The van der Waals surface area contributed by atoms with Crippen molar-refractivity contribution in [1.82, 2.24) is 4.57 Å². The fraction of sp³-hybridized carbons (Fsp3) is 0.280. The number of rotatable bonds is 10. The first-order valence-electron chi connectivity index (χ1n) is 10.1. The molecule has 5 nitrogen and oxygen atoms in total. The summed E-state index contributed by atoms with van der Waals surface area (Å²) < 4.78 is 25.9. The van der Waals surface area contributed by atoms with Gasteiger partial charge < -0.3 is 14.0 Å². The van der Waals surface area contributed by atoms with Crippen LogP contribution >= 0.6 is 0 Å². The number of ketones is 2. The molecule has 0 unspecified atom stereocenters. The van der Waals surface area contributed by atoms with Crippen LogP contribution in [0.1, 0.15) is 44.1 Å². The summed E-state index contributed by atoms with van der Waals surface area (Å²) in [7, 11) is 1.67. The number of carbonyl (C=O) groups excluding carboxylic acids is 2. The van der Waals surface area contributed by atoms with E-state index in [1.807, 2.05) is 19.9 Å². The van der Waals surface area contributed by atoms with Gasteiger partial charge in [0.1, 0.15) is 11.6 Å². The van der Waals surface area contributed by atoms with Gasteiger partial charge in [0, 0.05) is 48.3 Å². The van der Waals surface area contributed by atoms with Crippen molar-refractivity contribution in [3.63, 3.8) is 0 Å². The van der Waals surface area contributed by atoms with Crippen LogP contribution in [0.25, 0.3) is 0 Å². The molecule has 0 fully saturated rings. The maximum atomic E-state index is 13.0. The second kappa shape index (κ2) is 10.2. The summed E-state index contributed by atoms with van der Waals surface area (Å²) in [5.74, 6) is -0.195. The molecular formula is C25H26FNO4. The van der Waals surface area contributed by atoms with Crippen LogP contribution < -0.4 is 4.74 Å². The van der Waals surface area contributed by atoms with Crippen molar-refractivity contribution in [2.75, 3.05) is 20.3 Å². The minimum atomic E-state index is -0.388. The number of hydrogen-bond donors (Lipinski definition) is 0. The van der Waals surface area contributed by atoms with E-state index in [9.17, 15) is 14.0 Å². The Labute approximate surface area is 181 Å². The third kappa shape index (κ3) is 5.47. The van der Waals surface area contributed by atoms with Gasteiger partial charge in [-0.15, -0.1) is 0 Å². The molecule has 0 spiro atoms. The lowest BCUT2D eigenvalue weighted by atomic mass is 10.0. The molecule has 2 aromatic carbocycles.